The van der Waals surface area contributed by atoms with Gasteiger partial charge in [0.25, 0.3) is 0 Å². The van der Waals surface area contributed by atoms with E-state index < -0.39 is 9.84 Å². The van der Waals surface area contributed by atoms with E-state index in [-0.39, 0.29) is 17.7 Å². The molecule has 0 bridgehead atoms. The molecule has 2 N–H and O–H groups in total. The molecule has 1 aromatic rings. The van der Waals surface area contributed by atoms with Crippen LogP contribution in [0.3, 0.4) is 0 Å². The van der Waals surface area contributed by atoms with Gasteiger partial charge in [0.05, 0.1) is 17.5 Å². The SMILES string of the molecule is CC(NC(=NCC1CCS(=O)(=O)C1)NC1CCCC1)c1cccc(Cl)c1. The van der Waals surface area contributed by atoms with Gasteiger partial charge in [-0.05, 0) is 49.8 Å². The van der Waals surface area contributed by atoms with Gasteiger partial charge in [0.15, 0.2) is 15.8 Å². The summed E-state index contributed by atoms with van der Waals surface area (Å²) in [6.45, 7) is 2.63. The minimum atomic E-state index is -2.86. The first-order valence-corrected chi connectivity index (χ1v) is 11.6. The maximum absolute atomic E-state index is 11.7. The number of sulfone groups is 1. The molecule has 1 saturated heterocycles. The molecular formula is C19H28ClN3O2S. The van der Waals surface area contributed by atoms with Crippen molar-refractivity contribution in [1.82, 2.24) is 10.6 Å². The molecule has 3 rings (SSSR count). The summed E-state index contributed by atoms with van der Waals surface area (Å²) in [6, 6.07) is 8.31. The normalized spacial score (nSPS) is 24.5. The van der Waals surface area contributed by atoms with Crippen LogP contribution in [0.4, 0.5) is 0 Å². The average molecular weight is 398 g/mol. The maximum atomic E-state index is 11.7. The average Bonchev–Trinajstić information content (AvgIpc) is 3.21. The molecule has 1 aromatic carbocycles. The molecule has 1 saturated carbocycles. The molecule has 0 amide bonds. The number of aliphatic imine (C=N–C) groups is 1. The zero-order valence-electron chi connectivity index (χ0n) is 15.2. The van der Waals surface area contributed by atoms with Crippen molar-refractivity contribution in [3.8, 4) is 0 Å². The van der Waals surface area contributed by atoms with E-state index in [1.807, 2.05) is 24.3 Å². The third-order valence-electron chi connectivity index (χ3n) is 5.23. The number of nitrogens with one attached hydrogen (secondary N) is 2. The van der Waals surface area contributed by atoms with Crippen LogP contribution in [0.2, 0.25) is 5.02 Å². The Morgan fingerprint density at radius 2 is 2.08 bits per heavy atom. The third kappa shape index (κ3) is 5.61. The number of hydrogen-bond acceptors (Lipinski definition) is 3. The van der Waals surface area contributed by atoms with Crippen LogP contribution in [0.15, 0.2) is 29.3 Å². The Kier molecular flexibility index (Phi) is 6.46. The van der Waals surface area contributed by atoms with Gasteiger partial charge in [0.2, 0.25) is 0 Å². The second-order valence-corrected chi connectivity index (χ2v) is 10.2. The van der Waals surface area contributed by atoms with Crippen molar-refractivity contribution >= 4 is 27.4 Å². The molecule has 5 nitrogen and oxygen atoms in total. The van der Waals surface area contributed by atoms with E-state index in [9.17, 15) is 8.42 Å². The van der Waals surface area contributed by atoms with Gasteiger partial charge in [0.1, 0.15) is 0 Å². The first-order valence-electron chi connectivity index (χ1n) is 9.45. The number of hydrogen-bond donors (Lipinski definition) is 2. The van der Waals surface area contributed by atoms with Crippen molar-refractivity contribution < 1.29 is 8.42 Å². The zero-order chi connectivity index (χ0) is 18.6. The van der Waals surface area contributed by atoms with Gasteiger partial charge in [-0.25, -0.2) is 8.42 Å². The van der Waals surface area contributed by atoms with Gasteiger partial charge in [-0.1, -0.05) is 36.6 Å². The Morgan fingerprint density at radius 1 is 1.31 bits per heavy atom. The minimum Gasteiger partial charge on any atom is -0.354 e. The lowest BCUT2D eigenvalue weighted by Gasteiger charge is -2.22. The van der Waals surface area contributed by atoms with Gasteiger partial charge in [-0.2, -0.15) is 0 Å². The lowest BCUT2D eigenvalue weighted by atomic mass is 10.1. The van der Waals surface area contributed by atoms with Gasteiger partial charge in [-0.15, -0.1) is 0 Å². The molecule has 1 aliphatic carbocycles. The Morgan fingerprint density at radius 3 is 2.73 bits per heavy atom. The quantitative estimate of drug-likeness (QED) is 0.590. The Labute approximate surface area is 161 Å². The molecule has 0 radical (unpaired) electrons. The summed E-state index contributed by atoms with van der Waals surface area (Å²) in [4.78, 5) is 4.72. The van der Waals surface area contributed by atoms with E-state index in [0.29, 0.717) is 24.8 Å². The van der Waals surface area contributed by atoms with E-state index >= 15 is 0 Å². The van der Waals surface area contributed by atoms with Crippen LogP contribution in [0.25, 0.3) is 0 Å². The van der Waals surface area contributed by atoms with Crippen LogP contribution >= 0.6 is 11.6 Å². The van der Waals surface area contributed by atoms with Gasteiger partial charge < -0.3 is 10.6 Å². The van der Waals surface area contributed by atoms with E-state index in [0.717, 1.165) is 29.4 Å². The summed E-state index contributed by atoms with van der Waals surface area (Å²) in [5.41, 5.74) is 1.10. The Balaban J connectivity index is 1.66. The van der Waals surface area contributed by atoms with Gasteiger partial charge >= 0.3 is 0 Å². The molecule has 2 aliphatic rings. The molecule has 0 aromatic heterocycles. The fraction of sp³-hybridized carbons (Fsp3) is 0.632. The summed E-state index contributed by atoms with van der Waals surface area (Å²) < 4.78 is 23.3. The van der Waals surface area contributed by atoms with Gasteiger partial charge in [0, 0.05) is 17.6 Å². The lowest BCUT2D eigenvalue weighted by molar-refractivity contribution is 0.572. The van der Waals surface area contributed by atoms with Crippen LogP contribution in [-0.2, 0) is 9.84 Å². The Hall–Kier alpha value is -1.27. The number of rotatable bonds is 5. The molecule has 2 atom stereocenters. The monoisotopic (exact) mass is 397 g/mol. The van der Waals surface area contributed by atoms with Crippen molar-refractivity contribution in [3.05, 3.63) is 34.9 Å². The third-order valence-corrected chi connectivity index (χ3v) is 7.30. The second kappa shape index (κ2) is 8.61. The fourth-order valence-corrected chi connectivity index (χ4v) is 5.75. The molecule has 0 spiro atoms. The van der Waals surface area contributed by atoms with Crippen LogP contribution in [0.1, 0.15) is 50.6 Å². The van der Waals surface area contributed by atoms with E-state index in [4.69, 9.17) is 16.6 Å². The van der Waals surface area contributed by atoms with Crippen molar-refractivity contribution in [1.29, 1.82) is 0 Å². The van der Waals surface area contributed by atoms with Crippen molar-refractivity contribution in [3.63, 3.8) is 0 Å². The second-order valence-electron chi connectivity index (χ2n) is 7.51. The fourth-order valence-electron chi connectivity index (χ4n) is 3.70. The number of halogens is 1. The molecule has 2 fully saturated rings. The molecule has 144 valence electrons. The highest BCUT2D eigenvalue weighted by Gasteiger charge is 2.28. The molecule has 7 heteroatoms. The summed E-state index contributed by atoms with van der Waals surface area (Å²) in [5.74, 6) is 1.46. The van der Waals surface area contributed by atoms with Crippen molar-refractivity contribution in [2.75, 3.05) is 18.1 Å². The zero-order valence-corrected chi connectivity index (χ0v) is 16.8. The lowest BCUT2D eigenvalue weighted by Crippen LogP contribution is -2.43. The predicted molar refractivity (Wildman–Crippen MR) is 107 cm³/mol. The largest absolute Gasteiger partial charge is 0.354 e. The molecule has 2 unspecified atom stereocenters. The van der Waals surface area contributed by atoms with Crippen LogP contribution in [0, 0.1) is 5.92 Å². The number of benzene rings is 1. The van der Waals surface area contributed by atoms with Gasteiger partial charge in [-0.3, -0.25) is 4.99 Å². The Bertz CT molecular complexity index is 745. The summed E-state index contributed by atoms with van der Waals surface area (Å²) in [7, 11) is -2.86. The summed E-state index contributed by atoms with van der Waals surface area (Å²) >= 11 is 6.11. The van der Waals surface area contributed by atoms with E-state index in [2.05, 4.69) is 17.6 Å². The van der Waals surface area contributed by atoms with Crippen molar-refractivity contribution in [2.24, 2.45) is 10.9 Å². The predicted octanol–water partition coefficient (Wildman–Crippen LogP) is 3.31. The number of nitrogens with zero attached hydrogens (tertiary/aromatic N) is 1. The first kappa shape index (κ1) is 19.5. The smallest absolute Gasteiger partial charge is 0.191 e. The molecular weight excluding hydrogens is 370 g/mol. The van der Waals surface area contributed by atoms with Crippen LogP contribution in [0.5, 0.6) is 0 Å². The topological polar surface area (TPSA) is 70.6 Å². The standard InChI is InChI=1S/C19H28ClN3O2S/c1-14(16-5-4-6-17(20)11-16)22-19(23-18-7-2-3-8-18)21-12-15-9-10-26(24,25)13-15/h4-6,11,14-15,18H,2-3,7-10,12-13H2,1H3,(H2,21,22,23). The number of guanidine groups is 1. The van der Waals surface area contributed by atoms with Crippen LogP contribution < -0.4 is 10.6 Å². The minimum absolute atomic E-state index is 0.0636. The molecule has 1 heterocycles. The van der Waals surface area contributed by atoms with E-state index in [1.54, 1.807) is 0 Å². The summed E-state index contributed by atoms with van der Waals surface area (Å²) in [5, 5.41) is 7.71. The highest BCUT2D eigenvalue weighted by atomic mass is 35.5. The van der Waals surface area contributed by atoms with Crippen molar-refractivity contribution in [2.45, 2.75) is 51.1 Å². The van der Waals surface area contributed by atoms with Crippen LogP contribution in [-0.4, -0.2) is 38.5 Å². The summed E-state index contributed by atoms with van der Waals surface area (Å²) in [6.07, 6.45) is 5.52. The highest BCUT2D eigenvalue weighted by Crippen LogP contribution is 2.21. The first-order chi connectivity index (χ1) is 12.4. The molecule has 1 aliphatic heterocycles. The maximum Gasteiger partial charge on any atom is 0.191 e. The molecule has 26 heavy (non-hydrogen) atoms. The van der Waals surface area contributed by atoms with E-state index in [1.165, 1.54) is 12.8 Å². The highest BCUT2D eigenvalue weighted by molar-refractivity contribution is 7.91.